The molecule has 1 aromatic heterocycles. The molecule has 0 saturated carbocycles. The van der Waals surface area contributed by atoms with Gasteiger partial charge < -0.3 is 15.4 Å². The molecule has 0 aliphatic heterocycles. The Morgan fingerprint density at radius 3 is 2.61 bits per heavy atom. The number of carbonyl (C=O) groups is 1. The van der Waals surface area contributed by atoms with Gasteiger partial charge in [-0.2, -0.15) is 5.26 Å². The van der Waals surface area contributed by atoms with Gasteiger partial charge in [-0.1, -0.05) is 35.2 Å². The normalized spacial score (nSPS) is 10.9. The zero-order valence-corrected chi connectivity index (χ0v) is 17.3. The number of nitrogens with one attached hydrogen (secondary N) is 2. The topological polar surface area (TPSA) is 99.9 Å². The van der Waals surface area contributed by atoms with Crippen molar-refractivity contribution in [2.24, 2.45) is 0 Å². The molecule has 0 unspecified atom stereocenters. The van der Waals surface area contributed by atoms with Gasteiger partial charge in [0.05, 0.1) is 11.3 Å². The van der Waals surface area contributed by atoms with Crippen LogP contribution in [0, 0.1) is 11.3 Å². The minimum atomic E-state index is -4.74. The monoisotopic (exact) mass is 465 g/mol. The van der Waals surface area contributed by atoms with Crippen LogP contribution in [-0.2, 0) is 4.79 Å². The quantitative estimate of drug-likeness (QED) is 0.443. The zero-order valence-electron chi connectivity index (χ0n) is 15.6. The van der Waals surface area contributed by atoms with Crippen LogP contribution in [0.25, 0.3) is 0 Å². The van der Waals surface area contributed by atoms with E-state index >= 15 is 0 Å². The van der Waals surface area contributed by atoms with Crippen molar-refractivity contribution in [3.8, 4) is 11.8 Å². The number of thioether (sulfide) groups is 1. The molecule has 0 fully saturated rings. The molecular weight excluding hydrogens is 451 g/mol. The van der Waals surface area contributed by atoms with Crippen LogP contribution in [0.1, 0.15) is 12.0 Å². The predicted molar refractivity (Wildman–Crippen MR) is 111 cm³/mol. The van der Waals surface area contributed by atoms with Crippen LogP contribution in [0.3, 0.4) is 0 Å². The summed E-state index contributed by atoms with van der Waals surface area (Å²) in [6.07, 6.45) is -4.52. The van der Waals surface area contributed by atoms with Gasteiger partial charge in [0, 0.05) is 17.9 Å². The second-order valence-electron chi connectivity index (χ2n) is 5.87. The molecule has 0 bridgehead atoms. The number of amides is 1. The summed E-state index contributed by atoms with van der Waals surface area (Å²) in [6, 6.07) is 14.0. The maximum absolute atomic E-state index is 12.2. The highest BCUT2D eigenvalue weighted by atomic mass is 32.2. The zero-order chi connectivity index (χ0) is 22.3. The van der Waals surface area contributed by atoms with Crippen LogP contribution in [0.5, 0.6) is 5.75 Å². The average Bonchev–Trinajstić information content (AvgIpc) is 3.16. The third-order valence-corrected chi connectivity index (χ3v) is 5.60. The molecule has 160 valence electrons. The summed E-state index contributed by atoms with van der Waals surface area (Å²) < 4.78 is 41.0. The second kappa shape index (κ2) is 10.1. The molecule has 31 heavy (non-hydrogen) atoms. The Bertz CT molecular complexity index is 1080. The van der Waals surface area contributed by atoms with E-state index in [1.807, 2.05) is 6.07 Å². The highest BCUT2D eigenvalue weighted by Crippen LogP contribution is 2.29. The summed E-state index contributed by atoms with van der Waals surface area (Å²) >= 11 is 2.59. The van der Waals surface area contributed by atoms with E-state index in [0.717, 1.165) is 0 Å². The molecule has 1 heterocycles. The molecule has 3 aromatic rings. The van der Waals surface area contributed by atoms with E-state index in [2.05, 4.69) is 25.6 Å². The van der Waals surface area contributed by atoms with Crippen molar-refractivity contribution in [1.29, 1.82) is 5.26 Å². The van der Waals surface area contributed by atoms with Crippen LogP contribution in [0.4, 0.5) is 29.7 Å². The molecule has 0 spiro atoms. The Labute approximate surface area is 183 Å². The number of alkyl halides is 3. The number of ether oxygens (including phenoxy) is 1. The van der Waals surface area contributed by atoms with E-state index in [-0.39, 0.29) is 18.1 Å². The third-order valence-electron chi connectivity index (χ3n) is 3.62. The Morgan fingerprint density at radius 1 is 1.16 bits per heavy atom. The predicted octanol–water partition coefficient (Wildman–Crippen LogP) is 5.17. The molecule has 0 aliphatic rings. The number of nitriles is 1. The number of para-hydroxylation sites is 1. The Balaban J connectivity index is 1.46. The van der Waals surface area contributed by atoms with E-state index in [0.29, 0.717) is 32.2 Å². The van der Waals surface area contributed by atoms with Crippen molar-refractivity contribution >= 4 is 45.5 Å². The van der Waals surface area contributed by atoms with Gasteiger partial charge in [-0.15, -0.1) is 23.4 Å². The Kier molecular flexibility index (Phi) is 7.32. The van der Waals surface area contributed by atoms with E-state index in [9.17, 15) is 18.0 Å². The summed E-state index contributed by atoms with van der Waals surface area (Å²) in [5.41, 5.74) is 1.38. The number of rotatable bonds is 8. The molecule has 0 atom stereocenters. The Morgan fingerprint density at radius 2 is 1.90 bits per heavy atom. The van der Waals surface area contributed by atoms with Crippen LogP contribution in [0.2, 0.25) is 0 Å². The van der Waals surface area contributed by atoms with Gasteiger partial charge >= 0.3 is 6.36 Å². The van der Waals surface area contributed by atoms with Gasteiger partial charge in [0.1, 0.15) is 11.8 Å². The lowest BCUT2D eigenvalue weighted by Gasteiger charge is -2.09. The summed E-state index contributed by atoms with van der Waals surface area (Å²) in [7, 11) is 0. The van der Waals surface area contributed by atoms with Crippen LogP contribution < -0.4 is 15.4 Å². The second-order valence-corrected chi connectivity index (χ2v) is 8.19. The van der Waals surface area contributed by atoms with E-state index in [1.54, 1.807) is 24.3 Å². The van der Waals surface area contributed by atoms with Crippen molar-refractivity contribution in [1.82, 2.24) is 10.2 Å². The average molecular weight is 465 g/mol. The van der Waals surface area contributed by atoms with Crippen molar-refractivity contribution in [2.45, 2.75) is 17.1 Å². The van der Waals surface area contributed by atoms with Gasteiger partial charge in [0.2, 0.25) is 11.0 Å². The van der Waals surface area contributed by atoms with Gasteiger partial charge in [0.25, 0.3) is 0 Å². The lowest BCUT2D eigenvalue weighted by molar-refractivity contribution is -0.274. The van der Waals surface area contributed by atoms with Crippen molar-refractivity contribution in [2.75, 3.05) is 16.4 Å². The van der Waals surface area contributed by atoms with Gasteiger partial charge in [-0.05, 0) is 36.4 Å². The number of hydrogen-bond donors (Lipinski definition) is 2. The molecule has 0 radical (unpaired) electrons. The minimum Gasteiger partial charge on any atom is -0.406 e. The largest absolute Gasteiger partial charge is 0.573 e. The van der Waals surface area contributed by atoms with Gasteiger partial charge in [0.15, 0.2) is 4.34 Å². The van der Waals surface area contributed by atoms with E-state index in [4.69, 9.17) is 5.26 Å². The maximum atomic E-state index is 12.2. The highest BCUT2D eigenvalue weighted by Gasteiger charge is 2.30. The first-order chi connectivity index (χ1) is 14.8. The summed E-state index contributed by atoms with van der Waals surface area (Å²) in [4.78, 5) is 12.1. The van der Waals surface area contributed by atoms with Crippen LogP contribution in [0.15, 0.2) is 52.9 Å². The summed E-state index contributed by atoms with van der Waals surface area (Å²) in [5, 5.41) is 23.1. The van der Waals surface area contributed by atoms with E-state index in [1.165, 1.54) is 47.4 Å². The first-order valence-corrected chi connectivity index (χ1v) is 10.5. The molecule has 1 amide bonds. The van der Waals surface area contributed by atoms with Crippen molar-refractivity contribution in [3.63, 3.8) is 0 Å². The van der Waals surface area contributed by atoms with Gasteiger partial charge in [-0.25, -0.2) is 0 Å². The molecular formula is C19H14F3N5O2S2. The first-order valence-electron chi connectivity index (χ1n) is 8.70. The molecule has 2 N–H and O–H groups in total. The standard InChI is InChI=1S/C19H14F3N5O2S2/c20-19(21,22)29-14-7-5-13(6-8-14)24-17-26-27-18(31-17)30-10-9-16(28)25-15-4-2-1-3-12(15)11-23/h1-8H,9-10H2,(H,24,26)(H,25,28). The maximum Gasteiger partial charge on any atom is 0.573 e. The first kappa shape index (κ1) is 22.4. The summed E-state index contributed by atoms with van der Waals surface area (Å²) in [6.45, 7) is 0. The lowest BCUT2D eigenvalue weighted by Crippen LogP contribution is -2.16. The van der Waals surface area contributed by atoms with Crippen molar-refractivity contribution in [3.05, 3.63) is 54.1 Å². The fraction of sp³-hybridized carbons (Fsp3) is 0.158. The number of anilines is 3. The Hall–Kier alpha value is -3.30. The number of benzene rings is 2. The van der Waals surface area contributed by atoms with E-state index < -0.39 is 6.36 Å². The fourth-order valence-corrected chi connectivity index (χ4v) is 4.10. The van der Waals surface area contributed by atoms with Crippen molar-refractivity contribution < 1.29 is 22.7 Å². The molecule has 0 saturated heterocycles. The lowest BCUT2D eigenvalue weighted by atomic mass is 10.2. The highest BCUT2D eigenvalue weighted by molar-refractivity contribution is 8.01. The van der Waals surface area contributed by atoms with Crippen LogP contribution in [-0.4, -0.2) is 28.2 Å². The molecule has 12 heteroatoms. The van der Waals surface area contributed by atoms with Gasteiger partial charge in [-0.3, -0.25) is 4.79 Å². The smallest absolute Gasteiger partial charge is 0.406 e. The van der Waals surface area contributed by atoms with Crippen LogP contribution >= 0.6 is 23.1 Å². The number of halogens is 3. The molecule has 3 rings (SSSR count). The third kappa shape index (κ3) is 7.16. The SMILES string of the molecule is N#Cc1ccccc1NC(=O)CCSc1nnc(Nc2ccc(OC(F)(F)F)cc2)s1. The summed E-state index contributed by atoms with van der Waals surface area (Å²) in [5.74, 6) is -0.0833. The number of aromatic nitrogens is 2. The molecule has 0 aliphatic carbocycles. The number of hydrogen-bond acceptors (Lipinski definition) is 8. The fourth-order valence-electron chi connectivity index (χ4n) is 2.32. The number of nitrogens with zero attached hydrogens (tertiary/aromatic N) is 3. The molecule has 7 nitrogen and oxygen atoms in total. The number of carbonyl (C=O) groups excluding carboxylic acids is 1. The minimum absolute atomic E-state index is 0.216. The molecule has 2 aromatic carbocycles.